The van der Waals surface area contributed by atoms with E-state index in [-0.39, 0.29) is 12.3 Å². The molecule has 0 spiro atoms. The fraction of sp³-hybridized carbons (Fsp3) is 0.235. The van der Waals surface area contributed by atoms with Gasteiger partial charge in [0, 0.05) is 11.6 Å². The molecule has 1 amide bonds. The summed E-state index contributed by atoms with van der Waals surface area (Å²) in [6.45, 7) is 2.87. The van der Waals surface area contributed by atoms with E-state index in [1.807, 2.05) is 31.2 Å². The predicted octanol–water partition coefficient (Wildman–Crippen LogP) is 3.74. The molecule has 0 aliphatic rings. The van der Waals surface area contributed by atoms with Gasteiger partial charge in [0.25, 0.3) is 0 Å². The average molecular weight is 322 g/mol. The van der Waals surface area contributed by atoms with E-state index in [2.05, 4.69) is 5.32 Å². The summed E-state index contributed by atoms with van der Waals surface area (Å²) in [7, 11) is 0. The first-order valence-corrected chi connectivity index (χ1v) is 7.38. The van der Waals surface area contributed by atoms with Crippen LogP contribution in [0.4, 0.5) is 4.39 Å². The molecule has 0 aliphatic carbocycles. The summed E-state index contributed by atoms with van der Waals surface area (Å²) in [5.74, 6) is 0.0435. The van der Waals surface area contributed by atoms with Gasteiger partial charge in [-0.25, -0.2) is 4.39 Å². The predicted molar refractivity (Wildman–Crippen MR) is 84.6 cm³/mol. The SMILES string of the molecule is CCOc1cccc(CNC(=O)Cc2ccc(Cl)cc2F)c1. The van der Waals surface area contributed by atoms with Gasteiger partial charge in [-0.05, 0) is 42.3 Å². The lowest BCUT2D eigenvalue weighted by molar-refractivity contribution is -0.120. The molecule has 0 bridgehead atoms. The lowest BCUT2D eigenvalue weighted by Crippen LogP contribution is -2.24. The van der Waals surface area contributed by atoms with Crippen molar-refractivity contribution in [2.24, 2.45) is 0 Å². The molecule has 0 saturated heterocycles. The second kappa shape index (κ2) is 7.80. The number of halogens is 2. The Morgan fingerprint density at radius 1 is 1.27 bits per heavy atom. The van der Waals surface area contributed by atoms with Crippen molar-refractivity contribution in [1.29, 1.82) is 0 Å². The summed E-state index contributed by atoms with van der Waals surface area (Å²) >= 11 is 5.68. The van der Waals surface area contributed by atoms with E-state index < -0.39 is 5.82 Å². The number of rotatable bonds is 6. The second-order valence-corrected chi connectivity index (χ2v) is 5.21. The first-order valence-electron chi connectivity index (χ1n) is 7.01. The highest BCUT2D eigenvalue weighted by Gasteiger charge is 2.08. The van der Waals surface area contributed by atoms with Crippen LogP contribution in [0.3, 0.4) is 0 Å². The zero-order chi connectivity index (χ0) is 15.9. The van der Waals surface area contributed by atoms with Gasteiger partial charge < -0.3 is 10.1 Å². The third-order valence-corrected chi connectivity index (χ3v) is 3.30. The normalized spacial score (nSPS) is 10.3. The van der Waals surface area contributed by atoms with Gasteiger partial charge in [0.2, 0.25) is 5.91 Å². The maximum absolute atomic E-state index is 13.6. The Morgan fingerprint density at radius 2 is 2.09 bits per heavy atom. The minimum atomic E-state index is -0.471. The molecule has 116 valence electrons. The van der Waals surface area contributed by atoms with Gasteiger partial charge in [-0.3, -0.25) is 4.79 Å². The van der Waals surface area contributed by atoms with Crippen molar-refractivity contribution in [2.75, 3.05) is 6.61 Å². The largest absolute Gasteiger partial charge is 0.494 e. The molecule has 1 N–H and O–H groups in total. The standard InChI is InChI=1S/C17H17ClFNO2/c1-2-22-15-5-3-4-12(8-15)11-20-17(21)9-13-6-7-14(18)10-16(13)19/h3-8,10H,2,9,11H2,1H3,(H,20,21). The Bertz CT molecular complexity index is 661. The Kier molecular flexibility index (Phi) is 5.78. The molecular formula is C17H17ClFNO2. The van der Waals surface area contributed by atoms with Crippen LogP contribution >= 0.6 is 11.6 Å². The van der Waals surface area contributed by atoms with Crippen molar-refractivity contribution < 1.29 is 13.9 Å². The van der Waals surface area contributed by atoms with Crippen LogP contribution in [-0.4, -0.2) is 12.5 Å². The monoisotopic (exact) mass is 321 g/mol. The van der Waals surface area contributed by atoms with Crippen LogP contribution in [0.15, 0.2) is 42.5 Å². The van der Waals surface area contributed by atoms with Crippen LogP contribution in [0.5, 0.6) is 5.75 Å². The zero-order valence-electron chi connectivity index (χ0n) is 12.2. The number of hydrogen-bond donors (Lipinski definition) is 1. The number of hydrogen-bond acceptors (Lipinski definition) is 2. The molecule has 0 fully saturated rings. The number of amides is 1. The lowest BCUT2D eigenvalue weighted by Gasteiger charge is -2.08. The quantitative estimate of drug-likeness (QED) is 0.880. The molecule has 5 heteroatoms. The molecule has 0 aromatic heterocycles. The van der Waals surface area contributed by atoms with Gasteiger partial charge in [-0.2, -0.15) is 0 Å². The Hall–Kier alpha value is -2.07. The number of carbonyl (C=O) groups is 1. The van der Waals surface area contributed by atoms with Gasteiger partial charge >= 0.3 is 0 Å². The summed E-state index contributed by atoms with van der Waals surface area (Å²) in [6, 6.07) is 11.8. The molecule has 0 atom stereocenters. The molecule has 22 heavy (non-hydrogen) atoms. The second-order valence-electron chi connectivity index (χ2n) is 4.77. The van der Waals surface area contributed by atoms with Crippen molar-refractivity contribution in [1.82, 2.24) is 5.32 Å². The Morgan fingerprint density at radius 3 is 2.82 bits per heavy atom. The first kappa shape index (κ1) is 16.3. The highest BCUT2D eigenvalue weighted by Crippen LogP contribution is 2.15. The number of carbonyl (C=O) groups excluding carboxylic acids is 1. The van der Waals surface area contributed by atoms with E-state index in [0.717, 1.165) is 11.3 Å². The van der Waals surface area contributed by atoms with E-state index in [0.29, 0.717) is 23.7 Å². The van der Waals surface area contributed by atoms with Crippen LogP contribution in [0, 0.1) is 5.82 Å². The smallest absolute Gasteiger partial charge is 0.224 e. The molecule has 0 heterocycles. The lowest BCUT2D eigenvalue weighted by atomic mass is 10.1. The minimum absolute atomic E-state index is 0.0197. The average Bonchev–Trinajstić information content (AvgIpc) is 2.49. The minimum Gasteiger partial charge on any atom is -0.494 e. The summed E-state index contributed by atoms with van der Waals surface area (Å²) in [5.41, 5.74) is 1.25. The van der Waals surface area contributed by atoms with Gasteiger partial charge in [0.15, 0.2) is 0 Å². The van der Waals surface area contributed by atoms with Crippen molar-refractivity contribution in [2.45, 2.75) is 19.9 Å². The Labute approximate surface area is 134 Å². The fourth-order valence-corrected chi connectivity index (χ4v) is 2.17. The van der Waals surface area contributed by atoms with Crippen LogP contribution in [-0.2, 0) is 17.8 Å². The zero-order valence-corrected chi connectivity index (χ0v) is 13.0. The van der Waals surface area contributed by atoms with E-state index in [1.54, 1.807) is 6.07 Å². The Balaban J connectivity index is 1.91. The molecule has 0 aliphatic heterocycles. The number of ether oxygens (including phenoxy) is 1. The summed E-state index contributed by atoms with van der Waals surface area (Å²) in [6.07, 6.45) is -0.0197. The maximum Gasteiger partial charge on any atom is 0.224 e. The summed E-state index contributed by atoms with van der Waals surface area (Å²) < 4.78 is 19.0. The molecule has 0 unspecified atom stereocenters. The molecule has 3 nitrogen and oxygen atoms in total. The molecule has 0 saturated carbocycles. The highest BCUT2D eigenvalue weighted by atomic mass is 35.5. The van der Waals surface area contributed by atoms with Gasteiger partial charge in [0.05, 0.1) is 13.0 Å². The van der Waals surface area contributed by atoms with Gasteiger partial charge in [-0.1, -0.05) is 29.8 Å². The maximum atomic E-state index is 13.6. The molecule has 2 aromatic rings. The van der Waals surface area contributed by atoms with Crippen LogP contribution < -0.4 is 10.1 Å². The van der Waals surface area contributed by atoms with Crippen molar-refractivity contribution in [3.05, 3.63) is 64.4 Å². The van der Waals surface area contributed by atoms with Crippen LogP contribution in [0.1, 0.15) is 18.1 Å². The van der Waals surface area contributed by atoms with Crippen molar-refractivity contribution in [3.63, 3.8) is 0 Å². The molecule has 0 radical (unpaired) electrons. The molecular weight excluding hydrogens is 305 g/mol. The topological polar surface area (TPSA) is 38.3 Å². The third kappa shape index (κ3) is 4.74. The van der Waals surface area contributed by atoms with Crippen LogP contribution in [0.2, 0.25) is 5.02 Å². The van der Waals surface area contributed by atoms with Crippen molar-refractivity contribution >= 4 is 17.5 Å². The van der Waals surface area contributed by atoms with Crippen LogP contribution in [0.25, 0.3) is 0 Å². The van der Waals surface area contributed by atoms with Gasteiger partial charge in [-0.15, -0.1) is 0 Å². The molecule has 2 aromatic carbocycles. The third-order valence-electron chi connectivity index (χ3n) is 3.07. The van der Waals surface area contributed by atoms with Gasteiger partial charge in [0.1, 0.15) is 11.6 Å². The number of benzene rings is 2. The summed E-state index contributed by atoms with van der Waals surface area (Å²) in [5, 5.41) is 3.08. The van der Waals surface area contributed by atoms with E-state index in [1.165, 1.54) is 12.1 Å². The fourth-order valence-electron chi connectivity index (χ4n) is 2.01. The van der Waals surface area contributed by atoms with E-state index >= 15 is 0 Å². The van der Waals surface area contributed by atoms with E-state index in [4.69, 9.17) is 16.3 Å². The van der Waals surface area contributed by atoms with Crippen molar-refractivity contribution in [3.8, 4) is 5.75 Å². The summed E-state index contributed by atoms with van der Waals surface area (Å²) in [4.78, 5) is 11.9. The number of nitrogens with one attached hydrogen (secondary N) is 1. The first-order chi connectivity index (χ1) is 10.6. The highest BCUT2D eigenvalue weighted by molar-refractivity contribution is 6.30. The molecule has 2 rings (SSSR count). The van der Waals surface area contributed by atoms with E-state index in [9.17, 15) is 9.18 Å².